The fourth-order valence-corrected chi connectivity index (χ4v) is 3.90. The van der Waals surface area contributed by atoms with Crippen LogP contribution in [0.4, 0.5) is 0 Å². The first-order chi connectivity index (χ1) is 12.6. The molecule has 5 N–H and O–H groups in total. The largest absolute Gasteiger partial charge is 0.495 e. The van der Waals surface area contributed by atoms with Crippen molar-refractivity contribution in [2.75, 3.05) is 13.7 Å². The van der Waals surface area contributed by atoms with E-state index in [2.05, 4.69) is 0 Å². The zero-order valence-electron chi connectivity index (χ0n) is 15.4. The maximum absolute atomic E-state index is 12.7. The number of benzene rings is 1. The second kappa shape index (κ2) is 10.1. The number of hydrogen-bond acceptors (Lipinski definition) is 8. The number of sulfonamides is 1. The van der Waals surface area contributed by atoms with E-state index in [0.29, 0.717) is 6.42 Å². The fourth-order valence-electron chi connectivity index (χ4n) is 2.50. The molecule has 154 valence electrons. The van der Waals surface area contributed by atoms with E-state index in [-0.39, 0.29) is 22.8 Å². The number of aliphatic hydroxyl groups excluding tert-OH is 4. The summed E-state index contributed by atoms with van der Waals surface area (Å²) in [5, 5.41) is 37.9. The SMILES string of the molecule is COc1ccc(CC(C)C)cc1S(=O)(=O)N[C@H](C=O)[C@H](O)[C@@H](O)[C@H](O)CO. The van der Waals surface area contributed by atoms with Crippen molar-refractivity contribution >= 4 is 16.3 Å². The van der Waals surface area contributed by atoms with Gasteiger partial charge in [0.15, 0.2) is 0 Å². The quantitative estimate of drug-likeness (QED) is 0.288. The average molecular weight is 405 g/mol. The van der Waals surface area contributed by atoms with Crippen LogP contribution < -0.4 is 9.46 Å². The number of aliphatic hydroxyl groups is 4. The zero-order chi connectivity index (χ0) is 20.8. The molecule has 27 heavy (non-hydrogen) atoms. The van der Waals surface area contributed by atoms with Gasteiger partial charge in [0, 0.05) is 0 Å². The van der Waals surface area contributed by atoms with Gasteiger partial charge in [-0.2, -0.15) is 4.72 Å². The van der Waals surface area contributed by atoms with Crippen molar-refractivity contribution in [1.29, 1.82) is 0 Å². The lowest BCUT2D eigenvalue weighted by atomic mass is 10.0. The number of carbonyl (C=O) groups excluding carboxylic acids is 1. The van der Waals surface area contributed by atoms with Crippen LogP contribution in [-0.2, 0) is 21.2 Å². The molecule has 1 aromatic rings. The van der Waals surface area contributed by atoms with Gasteiger partial charge in [0.25, 0.3) is 0 Å². The summed E-state index contributed by atoms with van der Waals surface area (Å²) < 4.78 is 32.5. The number of methoxy groups -OCH3 is 1. The van der Waals surface area contributed by atoms with Crippen molar-refractivity contribution in [3.8, 4) is 5.75 Å². The Morgan fingerprint density at radius 1 is 1.19 bits per heavy atom. The van der Waals surface area contributed by atoms with Crippen LogP contribution in [0.3, 0.4) is 0 Å². The molecular weight excluding hydrogens is 378 g/mol. The molecule has 1 rings (SSSR count). The first-order valence-electron chi connectivity index (χ1n) is 8.37. The van der Waals surface area contributed by atoms with Crippen LogP contribution in [0, 0.1) is 5.92 Å². The normalized spacial score (nSPS) is 16.6. The summed E-state index contributed by atoms with van der Waals surface area (Å²) in [6, 6.07) is 2.88. The van der Waals surface area contributed by atoms with Crippen molar-refractivity contribution < 1.29 is 38.4 Å². The maximum atomic E-state index is 12.7. The Hall–Kier alpha value is -1.56. The van der Waals surface area contributed by atoms with Crippen LogP contribution >= 0.6 is 0 Å². The Labute approximate surface area is 158 Å². The van der Waals surface area contributed by atoms with Gasteiger partial charge in [-0.3, -0.25) is 0 Å². The average Bonchev–Trinajstić information content (AvgIpc) is 2.63. The molecule has 0 bridgehead atoms. The van der Waals surface area contributed by atoms with Gasteiger partial charge >= 0.3 is 0 Å². The molecular formula is C17H27NO8S. The summed E-state index contributed by atoms with van der Waals surface area (Å²) >= 11 is 0. The number of ether oxygens (including phenoxy) is 1. The first kappa shape index (κ1) is 23.5. The van der Waals surface area contributed by atoms with Crippen LogP contribution in [0.15, 0.2) is 23.1 Å². The van der Waals surface area contributed by atoms with Gasteiger partial charge in [0.1, 0.15) is 41.3 Å². The van der Waals surface area contributed by atoms with E-state index in [4.69, 9.17) is 9.84 Å². The number of hydrogen-bond donors (Lipinski definition) is 5. The van der Waals surface area contributed by atoms with E-state index in [9.17, 15) is 28.5 Å². The highest BCUT2D eigenvalue weighted by atomic mass is 32.2. The third-order valence-corrected chi connectivity index (χ3v) is 5.38. The molecule has 0 fully saturated rings. The molecule has 1 aromatic carbocycles. The Kier molecular flexibility index (Phi) is 8.79. The van der Waals surface area contributed by atoms with Gasteiger partial charge in [-0.1, -0.05) is 19.9 Å². The molecule has 0 saturated carbocycles. The summed E-state index contributed by atoms with van der Waals surface area (Å²) in [6.07, 6.45) is -4.92. The summed E-state index contributed by atoms with van der Waals surface area (Å²) in [5.74, 6) is 0.326. The second-order valence-electron chi connectivity index (χ2n) is 6.60. The number of nitrogens with one attached hydrogen (secondary N) is 1. The lowest BCUT2D eigenvalue weighted by Crippen LogP contribution is -2.53. The van der Waals surface area contributed by atoms with Crippen molar-refractivity contribution in [2.24, 2.45) is 5.92 Å². The summed E-state index contributed by atoms with van der Waals surface area (Å²) in [6.45, 7) is 3.08. The highest BCUT2D eigenvalue weighted by molar-refractivity contribution is 7.89. The molecule has 0 spiro atoms. The molecule has 0 heterocycles. The molecule has 0 aromatic heterocycles. The molecule has 9 nitrogen and oxygen atoms in total. The van der Waals surface area contributed by atoms with Crippen molar-refractivity contribution in [3.05, 3.63) is 23.8 Å². The highest BCUT2D eigenvalue weighted by Gasteiger charge is 2.34. The van der Waals surface area contributed by atoms with Crippen molar-refractivity contribution in [3.63, 3.8) is 0 Å². The summed E-state index contributed by atoms with van der Waals surface area (Å²) in [5.41, 5.74) is 0.741. The molecule has 10 heteroatoms. The number of aldehydes is 1. The van der Waals surface area contributed by atoms with Gasteiger partial charge < -0.3 is 30.0 Å². The van der Waals surface area contributed by atoms with Crippen molar-refractivity contribution in [1.82, 2.24) is 4.72 Å². The van der Waals surface area contributed by atoms with Gasteiger partial charge in [-0.15, -0.1) is 0 Å². The monoisotopic (exact) mass is 405 g/mol. The molecule has 4 atom stereocenters. The van der Waals surface area contributed by atoms with Gasteiger partial charge in [-0.25, -0.2) is 8.42 Å². The van der Waals surface area contributed by atoms with Crippen LogP contribution in [0.2, 0.25) is 0 Å². The standard InChI is InChI=1S/C17H27NO8S/c1-10(2)6-11-4-5-14(26-3)15(7-11)27(24,25)18-12(8-19)16(22)17(23)13(21)9-20/h4-5,7-8,10,12-13,16-18,20-23H,6,9H2,1-3H3/t12-,13-,16+,17+/m1/s1. The van der Waals surface area contributed by atoms with Crippen LogP contribution in [0.5, 0.6) is 5.75 Å². The van der Waals surface area contributed by atoms with E-state index in [1.165, 1.54) is 19.2 Å². The number of carbonyl (C=O) groups is 1. The highest BCUT2D eigenvalue weighted by Crippen LogP contribution is 2.26. The lowest BCUT2D eigenvalue weighted by molar-refractivity contribution is -0.119. The van der Waals surface area contributed by atoms with E-state index >= 15 is 0 Å². The van der Waals surface area contributed by atoms with E-state index in [1.54, 1.807) is 6.07 Å². The van der Waals surface area contributed by atoms with Crippen LogP contribution in [0.25, 0.3) is 0 Å². The topological polar surface area (TPSA) is 153 Å². The van der Waals surface area contributed by atoms with Crippen LogP contribution in [-0.4, -0.2) is 73.2 Å². The molecule has 0 saturated heterocycles. The molecule has 0 aliphatic carbocycles. The first-order valence-corrected chi connectivity index (χ1v) is 9.85. The summed E-state index contributed by atoms with van der Waals surface area (Å²) in [4.78, 5) is 11.0. The zero-order valence-corrected chi connectivity index (χ0v) is 16.3. The Morgan fingerprint density at radius 2 is 1.81 bits per heavy atom. The van der Waals surface area contributed by atoms with E-state index in [1.807, 2.05) is 18.6 Å². The Morgan fingerprint density at radius 3 is 2.30 bits per heavy atom. The van der Waals surface area contributed by atoms with E-state index < -0.39 is 41.0 Å². The minimum absolute atomic E-state index is 0.0464. The smallest absolute Gasteiger partial charge is 0.245 e. The Bertz CT molecular complexity index is 722. The lowest BCUT2D eigenvalue weighted by Gasteiger charge is -2.26. The third kappa shape index (κ3) is 6.23. The van der Waals surface area contributed by atoms with Crippen molar-refractivity contribution in [2.45, 2.75) is 49.5 Å². The van der Waals surface area contributed by atoms with Crippen LogP contribution in [0.1, 0.15) is 19.4 Å². The fraction of sp³-hybridized carbons (Fsp3) is 0.588. The molecule has 0 aliphatic rings. The summed E-state index contributed by atoms with van der Waals surface area (Å²) in [7, 11) is -3.01. The Balaban J connectivity index is 3.19. The maximum Gasteiger partial charge on any atom is 0.245 e. The predicted octanol–water partition coefficient (Wildman–Crippen LogP) is -1.19. The van der Waals surface area contributed by atoms with Gasteiger partial charge in [0.05, 0.1) is 13.7 Å². The number of rotatable bonds is 11. The van der Waals surface area contributed by atoms with Gasteiger partial charge in [-0.05, 0) is 30.0 Å². The molecule has 0 amide bonds. The second-order valence-corrected chi connectivity index (χ2v) is 8.28. The minimum Gasteiger partial charge on any atom is -0.495 e. The van der Waals surface area contributed by atoms with Gasteiger partial charge in [0.2, 0.25) is 10.0 Å². The molecule has 0 radical (unpaired) electrons. The predicted molar refractivity (Wildman–Crippen MR) is 96.8 cm³/mol. The molecule has 0 aliphatic heterocycles. The minimum atomic E-state index is -4.31. The third-order valence-electron chi connectivity index (χ3n) is 3.90. The molecule has 0 unspecified atom stereocenters. The van der Waals surface area contributed by atoms with E-state index in [0.717, 1.165) is 5.56 Å².